The number of nitriles is 1. The molecule has 1 heterocycles. The van der Waals surface area contributed by atoms with Crippen LogP contribution in [-0.4, -0.2) is 16.4 Å². The van der Waals surface area contributed by atoms with E-state index in [4.69, 9.17) is 5.26 Å². The molecule has 120 valence electrons. The average Bonchev–Trinajstić information content (AvgIpc) is 2.65. The van der Waals surface area contributed by atoms with Crippen LogP contribution in [0.25, 0.3) is 10.9 Å². The highest BCUT2D eigenvalue weighted by atomic mass is 15.1. The zero-order chi connectivity index (χ0) is 16.9. The number of para-hydroxylation sites is 1. The summed E-state index contributed by atoms with van der Waals surface area (Å²) in [6.45, 7) is 6.19. The Balaban J connectivity index is 1.86. The molecular formula is C21H21N3. The number of aromatic nitrogens is 1. The molecule has 0 aliphatic rings. The molecule has 0 spiro atoms. The number of nitrogens with zero attached hydrogens (tertiary/aromatic N) is 3. The predicted octanol–water partition coefficient (Wildman–Crippen LogP) is 4.69. The van der Waals surface area contributed by atoms with Gasteiger partial charge in [-0.1, -0.05) is 43.3 Å². The Kier molecular flexibility index (Phi) is 4.88. The number of hydrogen-bond acceptors (Lipinski definition) is 3. The van der Waals surface area contributed by atoms with Gasteiger partial charge in [0.15, 0.2) is 0 Å². The molecule has 0 amide bonds. The third-order valence-electron chi connectivity index (χ3n) is 4.57. The fourth-order valence-corrected chi connectivity index (χ4v) is 3.08. The number of fused-ring (bicyclic) bond motifs is 1. The summed E-state index contributed by atoms with van der Waals surface area (Å²) >= 11 is 0. The van der Waals surface area contributed by atoms with E-state index in [9.17, 15) is 0 Å². The van der Waals surface area contributed by atoms with Gasteiger partial charge in [-0.2, -0.15) is 5.26 Å². The van der Waals surface area contributed by atoms with Gasteiger partial charge in [0.1, 0.15) is 0 Å². The number of pyridine rings is 1. The molecule has 0 saturated heterocycles. The Labute approximate surface area is 143 Å². The van der Waals surface area contributed by atoms with Gasteiger partial charge < -0.3 is 0 Å². The van der Waals surface area contributed by atoms with Gasteiger partial charge in [0.05, 0.1) is 17.1 Å². The van der Waals surface area contributed by atoms with E-state index < -0.39 is 0 Å². The first-order chi connectivity index (χ1) is 11.7. The monoisotopic (exact) mass is 315 g/mol. The standard InChI is InChI=1S/C21H21N3/c1-3-24(16(2)18-11-9-17(14-22)10-12-18)15-20-7-4-6-19-8-5-13-23-21(19)20/h4-13,16H,3,15H2,1-2H3/t16-/m1/s1. The van der Waals surface area contributed by atoms with Gasteiger partial charge >= 0.3 is 0 Å². The summed E-state index contributed by atoms with van der Waals surface area (Å²) in [4.78, 5) is 6.98. The lowest BCUT2D eigenvalue weighted by molar-refractivity contribution is 0.213. The van der Waals surface area contributed by atoms with Gasteiger partial charge in [-0.15, -0.1) is 0 Å². The molecule has 2 aromatic carbocycles. The maximum absolute atomic E-state index is 8.95. The summed E-state index contributed by atoms with van der Waals surface area (Å²) < 4.78 is 0. The summed E-state index contributed by atoms with van der Waals surface area (Å²) in [6.07, 6.45) is 1.85. The highest BCUT2D eigenvalue weighted by Crippen LogP contribution is 2.25. The SMILES string of the molecule is CCN(Cc1cccc2cccnc12)[C@H](C)c1ccc(C#N)cc1. The zero-order valence-electron chi connectivity index (χ0n) is 14.1. The molecule has 0 saturated carbocycles. The molecule has 0 unspecified atom stereocenters. The molecule has 1 atom stereocenters. The lowest BCUT2D eigenvalue weighted by atomic mass is 10.0. The van der Waals surface area contributed by atoms with Gasteiger partial charge in [0.2, 0.25) is 0 Å². The van der Waals surface area contributed by atoms with Gasteiger partial charge in [-0.3, -0.25) is 9.88 Å². The van der Waals surface area contributed by atoms with Crippen molar-refractivity contribution in [2.24, 2.45) is 0 Å². The van der Waals surface area contributed by atoms with Gasteiger partial charge in [-0.05, 0) is 42.8 Å². The fraction of sp³-hybridized carbons (Fsp3) is 0.238. The Hall–Kier alpha value is -2.70. The van der Waals surface area contributed by atoms with E-state index in [1.54, 1.807) is 0 Å². The second kappa shape index (κ2) is 7.25. The smallest absolute Gasteiger partial charge is 0.0991 e. The number of benzene rings is 2. The molecule has 24 heavy (non-hydrogen) atoms. The molecule has 3 aromatic rings. The van der Waals surface area contributed by atoms with Crippen LogP contribution in [0.1, 0.15) is 36.6 Å². The van der Waals surface area contributed by atoms with Crippen LogP contribution in [0.5, 0.6) is 0 Å². The van der Waals surface area contributed by atoms with Crippen molar-refractivity contribution in [3.05, 3.63) is 77.5 Å². The minimum atomic E-state index is 0.279. The lowest BCUT2D eigenvalue weighted by Gasteiger charge is -2.28. The highest BCUT2D eigenvalue weighted by molar-refractivity contribution is 5.81. The Morgan fingerprint density at radius 2 is 1.83 bits per heavy atom. The van der Waals surface area contributed by atoms with Crippen molar-refractivity contribution >= 4 is 10.9 Å². The second-order valence-corrected chi connectivity index (χ2v) is 5.97. The fourth-order valence-electron chi connectivity index (χ4n) is 3.08. The van der Waals surface area contributed by atoms with Crippen LogP contribution in [0, 0.1) is 11.3 Å². The van der Waals surface area contributed by atoms with Crippen LogP contribution in [-0.2, 0) is 6.54 Å². The first-order valence-corrected chi connectivity index (χ1v) is 8.29. The van der Waals surface area contributed by atoms with Crippen molar-refractivity contribution in [1.82, 2.24) is 9.88 Å². The van der Waals surface area contributed by atoms with Crippen LogP contribution in [0.15, 0.2) is 60.8 Å². The van der Waals surface area contributed by atoms with Gasteiger partial charge in [0.25, 0.3) is 0 Å². The molecule has 0 N–H and O–H groups in total. The van der Waals surface area contributed by atoms with E-state index in [1.807, 2.05) is 36.5 Å². The highest BCUT2D eigenvalue weighted by Gasteiger charge is 2.16. The Bertz CT molecular complexity index is 857. The molecule has 3 heteroatoms. The van der Waals surface area contributed by atoms with E-state index in [1.165, 1.54) is 16.5 Å². The maximum Gasteiger partial charge on any atom is 0.0991 e. The van der Waals surface area contributed by atoms with Crippen molar-refractivity contribution in [1.29, 1.82) is 5.26 Å². The maximum atomic E-state index is 8.95. The molecular weight excluding hydrogens is 294 g/mol. The average molecular weight is 315 g/mol. The molecule has 3 nitrogen and oxygen atoms in total. The molecule has 0 aliphatic carbocycles. The normalized spacial score (nSPS) is 12.2. The van der Waals surface area contributed by atoms with Crippen molar-refractivity contribution in [2.75, 3.05) is 6.54 Å². The van der Waals surface area contributed by atoms with Crippen LogP contribution in [0.2, 0.25) is 0 Å². The minimum absolute atomic E-state index is 0.279. The van der Waals surface area contributed by atoms with E-state index in [0.717, 1.165) is 18.6 Å². The van der Waals surface area contributed by atoms with E-state index in [-0.39, 0.29) is 6.04 Å². The molecule has 3 rings (SSSR count). The van der Waals surface area contributed by atoms with Gasteiger partial charge in [0, 0.05) is 24.2 Å². The summed E-state index contributed by atoms with van der Waals surface area (Å²) in [5.74, 6) is 0. The summed E-state index contributed by atoms with van der Waals surface area (Å²) in [7, 11) is 0. The van der Waals surface area contributed by atoms with E-state index in [0.29, 0.717) is 5.56 Å². The number of rotatable bonds is 5. The minimum Gasteiger partial charge on any atom is -0.293 e. The Morgan fingerprint density at radius 1 is 1.08 bits per heavy atom. The summed E-state index contributed by atoms with van der Waals surface area (Å²) in [6, 6.07) is 20.8. The van der Waals surface area contributed by atoms with Crippen molar-refractivity contribution < 1.29 is 0 Å². The third-order valence-corrected chi connectivity index (χ3v) is 4.57. The molecule has 0 radical (unpaired) electrons. The van der Waals surface area contributed by atoms with Crippen LogP contribution in [0.4, 0.5) is 0 Å². The van der Waals surface area contributed by atoms with Crippen LogP contribution < -0.4 is 0 Å². The lowest BCUT2D eigenvalue weighted by Crippen LogP contribution is -2.26. The summed E-state index contributed by atoms with van der Waals surface area (Å²) in [5, 5.41) is 10.1. The largest absolute Gasteiger partial charge is 0.293 e. The first-order valence-electron chi connectivity index (χ1n) is 8.29. The quantitative estimate of drug-likeness (QED) is 0.686. The van der Waals surface area contributed by atoms with Crippen molar-refractivity contribution in [3.8, 4) is 6.07 Å². The van der Waals surface area contributed by atoms with E-state index >= 15 is 0 Å². The van der Waals surface area contributed by atoms with Crippen molar-refractivity contribution in [3.63, 3.8) is 0 Å². The summed E-state index contributed by atoms with van der Waals surface area (Å²) in [5.41, 5.74) is 4.25. The van der Waals surface area contributed by atoms with E-state index in [2.05, 4.69) is 54.1 Å². The van der Waals surface area contributed by atoms with Crippen molar-refractivity contribution in [2.45, 2.75) is 26.4 Å². The number of hydrogen-bond donors (Lipinski definition) is 0. The third kappa shape index (κ3) is 3.29. The molecule has 0 bridgehead atoms. The Morgan fingerprint density at radius 3 is 2.54 bits per heavy atom. The van der Waals surface area contributed by atoms with Gasteiger partial charge in [-0.25, -0.2) is 0 Å². The first kappa shape index (κ1) is 16.2. The predicted molar refractivity (Wildman–Crippen MR) is 97.4 cm³/mol. The molecule has 1 aromatic heterocycles. The topological polar surface area (TPSA) is 39.9 Å². The van der Waals surface area contributed by atoms with Crippen LogP contribution in [0.3, 0.4) is 0 Å². The van der Waals surface area contributed by atoms with Crippen LogP contribution >= 0.6 is 0 Å². The molecule has 0 fully saturated rings. The zero-order valence-corrected chi connectivity index (χ0v) is 14.1. The molecule has 0 aliphatic heterocycles. The second-order valence-electron chi connectivity index (χ2n) is 5.97.